The number of amides is 1. The van der Waals surface area contributed by atoms with E-state index in [1.54, 1.807) is 6.08 Å². The minimum absolute atomic E-state index is 0.123. The molecule has 3 heteroatoms. The summed E-state index contributed by atoms with van der Waals surface area (Å²) in [6.07, 6.45) is 4.19. The lowest BCUT2D eigenvalue weighted by Crippen LogP contribution is -2.32. The van der Waals surface area contributed by atoms with Crippen LogP contribution in [0.4, 0.5) is 0 Å². The number of rotatable bonds is 6. The van der Waals surface area contributed by atoms with Crippen molar-refractivity contribution in [1.29, 1.82) is 0 Å². The van der Waals surface area contributed by atoms with Crippen molar-refractivity contribution in [3.8, 4) is 0 Å². The summed E-state index contributed by atoms with van der Waals surface area (Å²) in [7, 11) is 1.99. The predicted molar refractivity (Wildman–Crippen MR) is 81.2 cm³/mol. The third-order valence-corrected chi connectivity index (χ3v) is 3.30. The van der Waals surface area contributed by atoms with Gasteiger partial charge in [0, 0.05) is 25.5 Å². The fourth-order valence-corrected chi connectivity index (χ4v) is 2.15. The van der Waals surface area contributed by atoms with Crippen LogP contribution in [0.25, 0.3) is 0 Å². The van der Waals surface area contributed by atoms with Crippen LogP contribution in [0.2, 0.25) is 0 Å². The summed E-state index contributed by atoms with van der Waals surface area (Å²) in [6, 6.07) is 13.8. The molecule has 0 bridgehead atoms. The number of benzene rings is 1. The largest absolute Gasteiger partial charge is 0.353 e. The normalized spacial score (nSPS) is 10.2. The van der Waals surface area contributed by atoms with Gasteiger partial charge >= 0.3 is 0 Å². The van der Waals surface area contributed by atoms with Crippen molar-refractivity contribution in [2.24, 2.45) is 7.05 Å². The molecular weight excluding hydrogens is 248 g/mol. The van der Waals surface area contributed by atoms with Gasteiger partial charge in [-0.05, 0) is 17.7 Å². The topological polar surface area (TPSA) is 25.2 Å². The highest BCUT2D eigenvalue weighted by molar-refractivity contribution is 5.78. The Labute approximate surface area is 120 Å². The van der Waals surface area contributed by atoms with E-state index in [1.165, 1.54) is 0 Å². The zero-order valence-electron chi connectivity index (χ0n) is 11.8. The number of aromatic nitrogens is 1. The highest BCUT2D eigenvalue weighted by atomic mass is 16.2. The number of carbonyl (C=O) groups is 1. The van der Waals surface area contributed by atoms with Crippen molar-refractivity contribution in [2.45, 2.75) is 13.0 Å². The minimum Gasteiger partial charge on any atom is -0.353 e. The van der Waals surface area contributed by atoms with Gasteiger partial charge in [-0.25, -0.2) is 0 Å². The van der Waals surface area contributed by atoms with Gasteiger partial charge in [-0.1, -0.05) is 36.4 Å². The molecule has 20 heavy (non-hydrogen) atoms. The Morgan fingerprint density at radius 2 is 2.00 bits per heavy atom. The molecule has 0 spiro atoms. The van der Waals surface area contributed by atoms with Crippen LogP contribution in [0.3, 0.4) is 0 Å². The molecule has 2 rings (SSSR count). The number of carbonyl (C=O) groups excluding carboxylic acids is 1. The highest BCUT2D eigenvalue weighted by Crippen LogP contribution is 2.08. The van der Waals surface area contributed by atoms with Crippen LogP contribution in [-0.4, -0.2) is 21.9 Å². The maximum absolute atomic E-state index is 12.4. The molecule has 0 atom stereocenters. The van der Waals surface area contributed by atoms with Crippen LogP contribution < -0.4 is 0 Å². The van der Waals surface area contributed by atoms with Gasteiger partial charge in [0.1, 0.15) is 0 Å². The molecule has 1 aromatic carbocycles. The minimum atomic E-state index is 0.123. The van der Waals surface area contributed by atoms with Gasteiger partial charge in [0.25, 0.3) is 0 Å². The maximum Gasteiger partial charge on any atom is 0.227 e. The van der Waals surface area contributed by atoms with Crippen molar-refractivity contribution >= 4 is 5.91 Å². The third-order valence-electron chi connectivity index (χ3n) is 3.30. The molecule has 1 aromatic heterocycles. The van der Waals surface area contributed by atoms with Gasteiger partial charge in [0.15, 0.2) is 0 Å². The Bertz CT molecular complexity index is 572. The number of hydrogen-bond donors (Lipinski definition) is 0. The molecule has 2 aromatic rings. The second-order valence-electron chi connectivity index (χ2n) is 4.84. The van der Waals surface area contributed by atoms with E-state index < -0.39 is 0 Å². The van der Waals surface area contributed by atoms with Gasteiger partial charge in [0.2, 0.25) is 5.91 Å². The smallest absolute Gasteiger partial charge is 0.227 e. The average molecular weight is 268 g/mol. The summed E-state index contributed by atoms with van der Waals surface area (Å²) in [5.41, 5.74) is 2.16. The fraction of sp³-hybridized carbons (Fsp3) is 0.235. The van der Waals surface area contributed by atoms with Crippen LogP contribution in [0.5, 0.6) is 0 Å². The lowest BCUT2D eigenvalue weighted by atomic mass is 10.1. The fourth-order valence-electron chi connectivity index (χ4n) is 2.15. The zero-order valence-corrected chi connectivity index (χ0v) is 11.8. The molecule has 1 heterocycles. The summed E-state index contributed by atoms with van der Waals surface area (Å²) in [6.45, 7) is 4.92. The van der Waals surface area contributed by atoms with Crippen LogP contribution in [0.1, 0.15) is 11.3 Å². The zero-order chi connectivity index (χ0) is 14.4. The molecule has 0 radical (unpaired) electrons. The molecule has 104 valence electrons. The molecule has 0 fully saturated rings. The second kappa shape index (κ2) is 6.75. The van der Waals surface area contributed by atoms with E-state index >= 15 is 0 Å². The Morgan fingerprint density at radius 1 is 1.25 bits per heavy atom. The Kier molecular flexibility index (Phi) is 4.77. The monoisotopic (exact) mass is 268 g/mol. The molecule has 0 aliphatic carbocycles. The molecule has 0 saturated heterocycles. The van der Waals surface area contributed by atoms with Gasteiger partial charge in [-0.3, -0.25) is 4.79 Å². The predicted octanol–water partition coefficient (Wildman–Crippen LogP) is 2.78. The van der Waals surface area contributed by atoms with Crippen LogP contribution in [0.15, 0.2) is 61.3 Å². The van der Waals surface area contributed by atoms with Gasteiger partial charge in [-0.2, -0.15) is 0 Å². The van der Waals surface area contributed by atoms with Crippen LogP contribution in [0, 0.1) is 0 Å². The number of aryl methyl sites for hydroxylation is 1. The van der Waals surface area contributed by atoms with Crippen LogP contribution >= 0.6 is 0 Å². The van der Waals surface area contributed by atoms with Crippen molar-refractivity contribution in [3.05, 3.63) is 72.6 Å². The van der Waals surface area contributed by atoms with E-state index in [0.29, 0.717) is 19.5 Å². The maximum atomic E-state index is 12.4. The Morgan fingerprint density at radius 3 is 2.60 bits per heavy atom. The summed E-state index contributed by atoms with van der Waals surface area (Å²) in [5.74, 6) is 0.123. The first-order valence-corrected chi connectivity index (χ1v) is 6.73. The third kappa shape index (κ3) is 3.60. The van der Waals surface area contributed by atoms with Crippen molar-refractivity contribution in [1.82, 2.24) is 9.47 Å². The molecule has 3 nitrogen and oxygen atoms in total. The van der Waals surface area contributed by atoms with E-state index in [2.05, 4.69) is 6.58 Å². The van der Waals surface area contributed by atoms with Crippen LogP contribution in [-0.2, 0) is 24.8 Å². The van der Waals surface area contributed by atoms with Crippen molar-refractivity contribution in [3.63, 3.8) is 0 Å². The molecule has 0 saturated carbocycles. The van der Waals surface area contributed by atoms with E-state index in [1.807, 2.05) is 65.2 Å². The van der Waals surface area contributed by atoms with E-state index in [4.69, 9.17) is 0 Å². The standard InChI is InChI=1S/C17H20N2O/c1-3-11-19(14-16-10-7-12-18(16)2)17(20)13-15-8-5-4-6-9-15/h3-10,12H,1,11,13-14H2,2H3. The second-order valence-corrected chi connectivity index (χ2v) is 4.84. The molecule has 0 N–H and O–H groups in total. The molecule has 0 aliphatic rings. The first-order chi connectivity index (χ1) is 9.70. The van der Waals surface area contributed by atoms with Crippen molar-refractivity contribution < 1.29 is 4.79 Å². The average Bonchev–Trinajstić information content (AvgIpc) is 2.85. The number of nitrogens with zero attached hydrogens (tertiary/aromatic N) is 2. The Balaban J connectivity index is 2.06. The lowest BCUT2D eigenvalue weighted by molar-refractivity contribution is -0.130. The van der Waals surface area contributed by atoms with Gasteiger partial charge in [-0.15, -0.1) is 6.58 Å². The summed E-state index contributed by atoms with van der Waals surface area (Å²) >= 11 is 0. The molecular formula is C17H20N2O. The summed E-state index contributed by atoms with van der Waals surface area (Å²) < 4.78 is 2.03. The summed E-state index contributed by atoms with van der Waals surface area (Å²) in [4.78, 5) is 14.2. The first-order valence-electron chi connectivity index (χ1n) is 6.73. The molecule has 1 amide bonds. The SMILES string of the molecule is C=CCN(Cc1cccn1C)C(=O)Cc1ccccc1. The lowest BCUT2D eigenvalue weighted by Gasteiger charge is -2.21. The molecule has 0 unspecified atom stereocenters. The summed E-state index contributed by atoms with van der Waals surface area (Å²) in [5, 5.41) is 0. The Hall–Kier alpha value is -2.29. The van der Waals surface area contributed by atoms with Crippen molar-refractivity contribution in [2.75, 3.05) is 6.54 Å². The van der Waals surface area contributed by atoms with Gasteiger partial charge in [0.05, 0.1) is 13.0 Å². The quantitative estimate of drug-likeness (QED) is 0.740. The molecule has 0 aliphatic heterocycles. The van der Waals surface area contributed by atoms with E-state index in [9.17, 15) is 4.79 Å². The van der Waals surface area contributed by atoms with Gasteiger partial charge < -0.3 is 9.47 Å². The first kappa shape index (κ1) is 14.1. The highest BCUT2D eigenvalue weighted by Gasteiger charge is 2.14. The number of hydrogen-bond acceptors (Lipinski definition) is 1. The van der Waals surface area contributed by atoms with E-state index in [0.717, 1.165) is 11.3 Å². The van der Waals surface area contributed by atoms with E-state index in [-0.39, 0.29) is 5.91 Å².